The number of benzene rings is 1. The summed E-state index contributed by atoms with van der Waals surface area (Å²) < 4.78 is 0.966. The van der Waals surface area contributed by atoms with Gasteiger partial charge in [0.2, 0.25) is 5.91 Å². The number of nitrogens with two attached hydrogens (primary N) is 1. The number of carbonyl (C=O) groups excluding carboxylic acids is 1. The Hall–Kier alpha value is -0.620. The van der Waals surface area contributed by atoms with Crippen LogP contribution >= 0.6 is 28.3 Å². The zero-order valence-corrected chi connectivity index (χ0v) is 14.7. The Morgan fingerprint density at radius 1 is 1.52 bits per heavy atom. The highest BCUT2D eigenvalue weighted by molar-refractivity contribution is 9.10. The Balaban J connectivity index is 0.00000220. The molecule has 0 bridgehead atoms. The molecular weight excluding hydrogens is 354 g/mol. The van der Waals surface area contributed by atoms with Crippen LogP contribution in [0.3, 0.4) is 0 Å². The molecule has 1 aromatic carbocycles. The van der Waals surface area contributed by atoms with Crippen LogP contribution in [-0.4, -0.2) is 37.0 Å². The number of nitrogens with one attached hydrogen (secondary N) is 1. The van der Waals surface area contributed by atoms with Crippen molar-refractivity contribution in [3.05, 3.63) is 28.7 Å². The van der Waals surface area contributed by atoms with Crippen LogP contribution in [0.15, 0.2) is 28.7 Å². The van der Waals surface area contributed by atoms with Gasteiger partial charge in [0.05, 0.1) is 0 Å². The molecule has 0 aliphatic carbocycles. The van der Waals surface area contributed by atoms with Gasteiger partial charge in [-0.05, 0) is 43.1 Å². The maximum Gasteiger partial charge on any atom is 0.225 e. The highest BCUT2D eigenvalue weighted by Gasteiger charge is 2.32. The number of anilines is 1. The van der Waals surface area contributed by atoms with Gasteiger partial charge in [-0.1, -0.05) is 28.9 Å². The number of rotatable bonds is 5. The van der Waals surface area contributed by atoms with Gasteiger partial charge in [0, 0.05) is 29.7 Å². The van der Waals surface area contributed by atoms with Crippen LogP contribution in [0.5, 0.6) is 0 Å². The van der Waals surface area contributed by atoms with Crippen molar-refractivity contribution in [1.29, 1.82) is 0 Å². The molecule has 0 spiro atoms. The smallest absolute Gasteiger partial charge is 0.225 e. The van der Waals surface area contributed by atoms with E-state index in [2.05, 4.69) is 33.1 Å². The van der Waals surface area contributed by atoms with E-state index in [1.165, 1.54) is 0 Å². The molecular formula is C15H23BrClN3O. The van der Waals surface area contributed by atoms with Gasteiger partial charge < -0.3 is 16.0 Å². The van der Waals surface area contributed by atoms with E-state index in [1.807, 2.05) is 24.3 Å². The second-order valence-corrected chi connectivity index (χ2v) is 6.77. The molecule has 0 aromatic heterocycles. The fraction of sp³-hybridized carbons (Fsp3) is 0.533. The van der Waals surface area contributed by atoms with Crippen molar-refractivity contribution in [2.75, 3.05) is 31.5 Å². The molecule has 21 heavy (non-hydrogen) atoms. The largest absolute Gasteiger partial charge is 0.330 e. The van der Waals surface area contributed by atoms with Crippen LogP contribution in [0.25, 0.3) is 0 Å². The number of amides is 1. The van der Waals surface area contributed by atoms with Gasteiger partial charge in [0.1, 0.15) is 0 Å². The van der Waals surface area contributed by atoms with Gasteiger partial charge in [-0.25, -0.2) is 0 Å². The quantitative estimate of drug-likeness (QED) is 0.831. The predicted octanol–water partition coefficient (Wildman–Crippen LogP) is 2.87. The SMILES string of the molecule is CC1(CN)CCN(CCC(=O)Nc2cccc(Br)c2)C1.Cl. The van der Waals surface area contributed by atoms with Gasteiger partial charge >= 0.3 is 0 Å². The van der Waals surface area contributed by atoms with E-state index in [-0.39, 0.29) is 23.7 Å². The van der Waals surface area contributed by atoms with Crippen LogP contribution in [0, 0.1) is 5.41 Å². The second-order valence-electron chi connectivity index (χ2n) is 5.85. The van der Waals surface area contributed by atoms with Crippen molar-refractivity contribution in [3.8, 4) is 0 Å². The lowest BCUT2D eigenvalue weighted by atomic mass is 9.90. The van der Waals surface area contributed by atoms with Crippen molar-refractivity contribution in [2.45, 2.75) is 19.8 Å². The summed E-state index contributed by atoms with van der Waals surface area (Å²) in [7, 11) is 0. The maximum atomic E-state index is 11.9. The van der Waals surface area contributed by atoms with Gasteiger partial charge in [-0.2, -0.15) is 0 Å². The van der Waals surface area contributed by atoms with Crippen molar-refractivity contribution < 1.29 is 4.79 Å². The highest BCUT2D eigenvalue weighted by atomic mass is 79.9. The zero-order valence-electron chi connectivity index (χ0n) is 12.3. The lowest BCUT2D eigenvalue weighted by Gasteiger charge is -2.22. The van der Waals surface area contributed by atoms with Crippen LogP contribution in [0.2, 0.25) is 0 Å². The molecule has 1 unspecified atom stereocenters. The van der Waals surface area contributed by atoms with Crippen LogP contribution < -0.4 is 11.1 Å². The minimum Gasteiger partial charge on any atom is -0.330 e. The Morgan fingerprint density at radius 2 is 2.29 bits per heavy atom. The standard InChI is InChI=1S/C15H22BrN3O.ClH/c1-15(10-17)6-8-19(11-15)7-5-14(20)18-13-4-2-3-12(16)9-13;/h2-4,9H,5-8,10-11,17H2,1H3,(H,18,20);1H. The topological polar surface area (TPSA) is 58.4 Å². The van der Waals surface area contributed by atoms with Gasteiger partial charge in [-0.3, -0.25) is 4.79 Å². The van der Waals surface area contributed by atoms with Gasteiger partial charge in [0.15, 0.2) is 0 Å². The van der Waals surface area contributed by atoms with Crippen LogP contribution in [0.4, 0.5) is 5.69 Å². The Labute approximate surface area is 141 Å². The molecule has 1 fully saturated rings. The Kier molecular flexibility index (Phi) is 7.13. The molecule has 1 heterocycles. The summed E-state index contributed by atoms with van der Waals surface area (Å²) in [6.45, 7) is 5.77. The maximum absolute atomic E-state index is 11.9. The van der Waals surface area contributed by atoms with Crippen LogP contribution in [0.1, 0.15) is 19.8 Å². The first-order chi connectivity index (χ1) is 9.50. The number of nitrogens with zero attached hydrogens (tertiary/aromatic N) is 1. The molecule has 1 atom stereocenters. The summed E-state index contributed by atoms with van der Waals surface area (Å²) in [5.74, 6) is 0.0597. The average molecular weight is 377 g/mol. The van der Waals surface area contributed by atoms with Crippen molar-refractivity contribution >= 4 is 39.9 Å². The Morgan fingerprint density at radius 3 is 2.90 bits per heavy atom. The van der Waals surface area contributed by atoms with Crippen molar-refractivity contribution in [2.24, 2.45) is 11.1 Å². The fourth-order valence-electron chi connectivity index (χ4n) is 2.53. The molecule has 1 aromatic rings. The normalized spacial score (nSPS) is 21.9. The molecule has 2 rings (SSSR count). The molecule has 0 radical (unpaired) electrons. The summed E-state index contributed by atoms with van der Waals surface area (Å²) in [5.41, 5.74) is 6.85. The van der Waals surface area contributed by atoms with Gasteiger partial charge in [-0.15, -0.1) is 12.4 Å². The third kappa shape index (κ3) is 5.58. The molecule has 0 saturated carbocycles. The summed E-state index contributed by atoms with van der Waals surface area (Å²) in [5, 5.41) is 2.92. The van der Waals surface area contributed by atoms with Crippen molar-refractivity contribution in [3.63, 3.8) is 0 Å². The Bertz CT molecular complexity index is 486. The van der Waals surface area contributed by atoms with Crippen molar-refractivity contribution in [1.82, 2.24) is 4.90 Å². The van der Waals surface area contributed by atoms with E-state index < -0.39 is 0 Å². The first-order valence-corrected chi connectivity index (χ1v) is 7.78. The van der Waals surface area contributed by atoms with E-state index in [1.54, 1.807) is 0 Å². The molecule has 1 aliphatic rings. The molecule has 1 aliphatic heterocycles. The molecule has 118 valence electrons. The van der Waals surface area contributed by atoms with E-state index >= 15 is 0 Å². The third-order valence-corrected chi connectivity index (χ3v) is 4.39. The predicted molar refractivity (Wildman–Crippen MR) is 92.9 cm³/mol. The lowest BCUT2D eigenvalue weighted by Crippen LogP contribution is -2.32. The lowest BCUT2D eigenvalue weighted by molar-refractivity contribution is -0.116. The number of hydrogen-bond acceptors (Lipinski definition) is 3. The van der Waals surface area contributed by atoms with E-state index in [9.17, 15) is 4.79 Å². The number of likely N-dealkylation sites (tertiary alicyclic amines) is 1. The first-order valence-electron chi connectivity index (χ1n) is 6.99. The monoisotopic (exact) mass is 375 g/mol. The minimum atomic E-state index is 0. The zero-order chi connectivity index (χ0) is 14.6. The molecule has 6 heteroatoms. The fourth-order valence-corrected chi connectivity index (χ4v) is 2.93. The summed E-state index contributed by atoms with van der Waals surface area (Å²) >= 11 is 3.39. The van der Waals surface area contributed by atoms with E-state index in [0.29, 0.717) is 13.0 Å². The highest BCUT2D eigenvalue weighted by Crippen LogP contribution is 2.28. The second kappa shape index (κ2) is 8.13. The molecule has 4 nitrogen and oxygen atoms in total. The average Bonchev–Trinajstić information content (AvgIpc) is 2.79. The number of carbonyl (C=O) groups is 1. The summed E-state index contributed by atoms with van der Waals surface area (Å²) in [4.78, 5) is 14.3. The number of halogens is 2. The number of hydrogen-bond donors (Lipinski definition) is 2. The first kappa shape index (κ1) is 18.4. The molecule has 1 saturated heterocycles. The summed E-state index contributed by atoms with van der Waals surface area (Å²) in [6.07, 6.45) is 1.64. The van der Waals surface area contributed by atoms with Gasteiger partial charge in [0.25, 0.3) is 0 Å². The molecule has 1 amide bonds. The summed E-state index contributed by atoms with van der Waals surface area (Å²) in [6, 6.07) is 7.64. The van der Waals surface area contributed by atoms with Crippen LogP contribution in [-0.2, 0) is 4.79 Å². The van der Waals surface area contributed by atoms with E-state index in [0.717, 1.165) is 36.2 Å². The van der Waals surface area contributed by atoms with E-state index in [4.69, 9.17) is 5.73 Å². The molecule has 3 N–H and O–H groups in total. The minimum absolute atomic E-state index is 0. The third-order valence-electron chi connectivity index (χ3n) is 3.89.